The molecule has 0 aromatic heterocycles. The molecule has 3 N–H and O–H groups in total. The van der Waals surface area contributed by atoms with Crippen LogP contribution in [0.5, 0.6) is 0 Å². The lowest BCUT2D eigenvalue weighted by Gasteiger charge is -2.13. The minimum Gasteiger partial charge on any atom is -0.481 e. The SMILES string of the molecule is BrCCBr.COC(=O)CCC(O)C(=O)OC.COC(=O)CCC(OCCBr)C(=O)OC.O=C(O)CCC(OCCS)C(=O)O. The van der Waals surface area contributed by atoms with Crippen molar-refractivity contribution in [2.45, 2.75) is 56.8 Å². The van der Waals surface area contributed by atoms with Crippen LogP contribution >= 0.6 is 60.4 Å². The van der Waals surface area contributed by atoms with Gasteiger partial charge in [-0.25, -0.2) is 14.4 Å². The van der Waals surface area contributed by atoms with Gasteiger partial charge in [-0.2, -0.15) is 12.6 Å². The molecule has 0 saturated heterocycles. The van der Waals surface area contributed by atoms with Crippen LogP contribution in [0.4, 0.5) is 0 Å². The highest BCUT2D eigenvalue weighted by Crippen LogP contribution is 2.06. The maximum Gasteiger partial charge on any atom is 0.334 e. The summed E-state index contributed by atoms with van der Waals surface area (Å²) in [7, 11) is 5.00. The second-order valence-electron chi connectivity index (χ2n) is 7.57. The topological polar surface area (TPSA) is 218 Å². The Kier molecular flexibility index (Phi) is 40.4. The quantitative estimate of drug-likeness (QED) is 0.0635. The van der Waals surface area contributed by atoms with Crippen LogP contribution in [0.1, 0.15) is 38.5 Å². The Morgan fingerprint density at radius 1 is 0.636 bits per heavy atom. The van der Waals surface area contributed by atoms with E-state index in [0.29, 0.717) is 17.7 Å². The molecule has 0 aliphatic heterocycles. The van der Waals surface area contributed by atoms with Gasteiger partial charge in [-0.3, -0.25) is 14.4 Å². The number of methoxy groups -OCH3 is 4. The molecule has 0 amide bonds. The van der Waals surface area contributed by atoms with Gasteiger partial charge in [0.25, 0.3) is 0 Å². The van der Waals surface area contributed by atoms with Crippen LogP contribution < -0.4 is 0 Å². The van der Waals surface area contributed by atoms with Crippen molar-refractivity contribution in [3.8, 4) is 0 Å². The van der Waals surface area contributed by atoms with E-state index in [9.17, 15) is 28.8 Å². The third-order valence-corrected chi connectivity index (χ3v) is 6.76. The van der Waals surface area contributed by atoms with Crippen LogP contribution in [0.2, 0.25) is 0 Å². The Balaban J connectivity index is -0.000000258. The van der Waals surface area contributed by atoms with Crippen LogP contribution in [0, 0.1) is 0 Å². The fourth-order valence-electron chi connectivity index (χ4n) is 2.28. The van der Waals surface area contributed by atoms with Crippen LogP contribution in [-0.2, 0) is 57.2 Å². The van der Waals surface area contributed by atoms with E-state index < -0.39 is 48.2 Å². The summed E-state index contributed by atoms with van der Waals surface area (Å²) in [6.07, 6.45) is -2.76. The molecule has 0 rings (SSSR count). The number of aliphatic hydroxyl groups is 1. The lowest BCUT2D eigenvalue weighted by molar-refractivity contribution is -0.155. The second kappa shape index (κ2) is 36.0. The third kappa shape index (κ3) is 35.0. The van der Waals surface area contributed by atoms with Crippen molar-refractivity contribution in [2.24, 2.45) is 0 Å². The number of carboxylic acids is 2. The summed E-state index contributed by atoms with van der Waals surface area (Å²) in [4.78, 5) is 63.8. The molecule has 0 bridgehead atoms. The van der Waals surface area contributed by atoms with Crippen molar-refractivity contribution < 1.29 is 72.5 Å². The number of carboxylic acid groups (broad SMARTS) is 2. The number of alkyl halides is 3. The maximum atomic E-state index is 11.2. The average Bonchev–Trinajstić information content (AvgIpc) is 3.02. The van der Waals surface area contributed by atoms with Gasteiger partial charge in [0.1, 0.15) is 0 Å². The molecule has 0 saturated carbocycles. The summed E-state index contributed by atoms with van der Waals surface area (Å²) < 4.78 is 27.6. The first-order chi connectivity index (χ1) is 20.8. The number of hydrogen-bond donors (Lipinski definition) is 4. The molecule has 0 aliphatic rings. The Hall–Kier alpha value is -1.51. The number of carbonyl (C=O) groups is 6. The van der Waals surface area contributed by atoms with Gasteiger partial charge in [0, 0.05) is 41.0 Å². The summed E-state index contributed by atoms with van der Waals surface area (Å²) in [6, 6.07) is 0. The van der Waals surface area contributed by atoms with Crippen molar-refractivity contribution in [2.75, 3.05) is 63.4 Å². The zero-order valence-corrected chi connectivity index (χ0v) is 30.7. The van der Waals surface area contributed by atoms with Crippen LogP contribution in [-0.4, -0.2) is 133 Å². The lowest BCUT2D eigenvalue weighted by atomic mass is 10.2. The minimum absolute atomic E-state index is 0.00671. The molecule has 0 heterocycles. The first-order valence-electron chi connectivity index (χ1n) is 12.7. The largest absolute Gasteiger partial charge is 0.481 e. The molecule has 0 radical (unpaired) electrons. The van der Waals surface area contributed by atoms with Crippen LogP contribution in [0.15, 0.2) is 0 Å². The Labute approximate surface area is 287 Å². The van der Waals surface area contributed by atoms with Gasteiger partial charge < -0.3 is 43.7 Å². The zero-order valence-electron chi connectivity index (χ0n) is 25.0. The summed E-state index contributed by atoms with van der Waals surface area (Å²) in [5, 5.41) is 28.6. The van der Waals surface area contributed by atoms with E-state index in [2.05, 4.69) is 79.4 Å². The first-order valence-corrected chi connectivity index (χ1v) is 16.7. The highest BCUT2D eigenvalue weighted by molar-refractivity contribution is 9.12. The third-order valence-electron chi connectivity index (χ3n) is 4.40. The molecular weight excluding hydrogens is 812 g/mol. The minimum atomic E-state index is -1.24. The summed E-state index contributed by atoms with van der Waals surface area (Å²) in [5.74, 6) is -3.79. The van der Waals surface area contributed by atoms with E-state index in [1.165, 1.54) is 28.4 Å². The number of rotatable bonds is 19. The second-order valence-corrected chi connectivity index (χ2v) is 10.4. The van der Waals surface area contributed by atoms with Gasteiger partial charge >= 0.3 is 35.8 Å². The molecule has 15 nitrogen and oxygen atoms in total. The van der Waals surface area contributed by atoms with Gasteiger partial charge in [0.05, 0.1) is 41.7 Å². The molecule has 3 atom stereocenters. The number of aliphatic hydroxyl groups excluding tert-OH is 1. The smallest absolute Gasteiger partial charge is 0.334 e. The molecule has 19 heteroatoms. The standard InChI is InChI=1S/C9H15BrO5.C7H12O5S.C7H12O5.C2H4Br2/c1-13-8(11)4-3-7(9(12)14-2)15-6-5-10;8-6(9)2-1-5(7(10)11)12-3-4-13;1-11-6(9)4-3-5(8)7(10)12-2;3-1-2-4/h7H,3-6H2,1-2H3;5,13H,1-4H2,(H,8,9)(H,10,11);5,8H,3-4H2,1-2H3;1-2H2. The van der Waals surface area contributed by atoms with Crippen molar-refractivity contribution in [3.63, 3.8) is 0 Å². The van der Waals surface area contributed by atoms with Gasteiger partial charge in [-0.15, -0.1) is 0 Å². The molecule has 0 aliphatic carbocycles. The predicted octanol–water partition coefficient (Wildman–Crippen LogP) is 2.39. The van der Waals surface area contributed by atoms with Crippen molar-refractivity contribution in [1.82, 2.24) is 0 Å². The van der Waals surface area contributed by atoms with Crippen molar-refractivity contribution >= 4 is 96.2 Å². The number of esters is 4. The van der Waals surface area contributed by atoms with Gasteiger partial charge in [-0.05, 0) is 19.3 Å². The molecule has 3 unspecified atom stereocenters. The predicted molar refractivity (Wildman–Crippen MR) is 172 cm³/mol. The van der Waals surface area contributed by atoms with E-state index in [-0.39, 0.29) is 51.1 Å². The number of ether oxygens (including phenoxy) is 6. The van der Waals surface area contributed by atoms with Crippen molar-refractivity contribution in [3.05, 3.63) is 0 Å². The van der Waals surface area contributed by atoms with Crippen molar-refractivity contribution in [1.29, 1.82) is 0 Å². The monoisotopic (exact) mass is 852 g/mol. The molecule has 0 spiro atoms. The molecule has 0 aromatic carbocycles. The van der Waals surface area contributed by atoms with Gasteiger partial charge in [0.2, 0.25) is 0 Å². The molecule has 44 heavy (non-hydrogen) atoms. The molecule has 260 valence electrons. The van der Waals surface area contributed by atoms with Gasteiger partial charge in [-0.1, -0.05) is 47.8 Å². The summed E-state index contributed by atoms with van der Waals surface area (Å²) in [5.41, 5.74) is 0. The van der Waals surface area contributed by atoms with Crippen LogP contribution in [0.3, 0.4) is 0 Å². The molecule has 0 aromatic rings. The highest BCUT2D eigenvalue weighted by Gasteiger charge is 2.21. The van der Waals surface area contributed by atoms with E-state index in [4.69, 9.17) is 24.8 Å². The number of hydrogen-bond acceptors (Lipinski definition) is 14. The molecular formula is C25H43Br3O15S. The number of aliphatic carboxylic acids is 2. The Morgan fingerprint density at radius 3 is 1.45 bits per heavy atom. The van der Waals surface area contributed by atoms with E-state index in [0.717, 1.165) is 10.7 Å². The summed E-state index contributed by atoms with van der Waals surface area (Å²) in [6.45, 7) is 0.598. The van der Waals surface area contributed by atoms with E-state index >= 15 is 0 Å². The van der Waals surface area contributed by atoms with E-state index in [1.807, 2.05) is 0 Å². The number of thiol groups is 1. The normalized spacial score (nSPS) is 11.7. The Morgan fingerprint density at radius 2 is 1.09 bits per heavy atom. The zero-order chi connectivity index (χ0) is 34.9. The lowest BCUT2D eigenvalue weighted by Crippen LogP contribution is -2.27. The first kappa shape index (κ1) is 49.4. The van der Waals surface area contributed by atoms with Crippen LogP contribution in [0.25, 0.3) is 0 Å². The van der Waals surface area contributed by atoms with Gasteiger partial charge in [0.15, 0.2) is 18.3 Å². The number of halogens is 3. The highest BCUT2D eigenvalue weighted by atomic mass is 79.9. The Bertz CT molecular complexity index is 788. The average molecular weight is 855 g/mol. The van der Waals surface area contributed by atoms with E-state index in [1.54, 1.807) is 0 Å². The maximum absolute atomic E-state index is 11.2. The fourth-order valence-corrected chi connectivity index (χ4v) is 2.57. The fraction of sp³-hybridized carbons (Fsp3) is 0.760. The number of carbonyl (C=O) groups excluding carboxylic acids is 4. The molecule has 0 fully saturated rings. The summed E-state index contributed by atoms with van der Waals surface area (Å²) >= 11 is 13.4.